The molecule has 25 heavy (non-hydrogen) atoms. The van der Waals surface area contributed by atoms with Crippen LogP contribution in [0.25, 0.3) is 0 Å². The van der Waals surface area contributed by atoms with Gasteiger partial charge in [0.25, 0.3) is 0 Å². The van der Waals surface area contributed by atoms with E-state index < -0.39 is 0 Å². The molecule has 6 nitrogen and oxygen atoms in total. The first-order valence-corrected chi connectivity index (χ1v) is 8.97. The Morgan fingerprint density at radius 1 is 1.32 bits per heavy atom. The molecule has 0 aliphatic carbocycles. The fourth-order valence-electron chi connectivity index (χ4n) is 3.19. The van der Waals surface area contributed by atoms with Crippen molar-refractivity contribution in [2.75, 3.05) is 29.9 Å². The summed E-state index contributed by atoms with van der Waals surface area (Å²) in [6.45, 7) is 7.84. The summed E-state index contributed by atoms with van der Waals surface area (Å²) in [6, 6.07) is 10.3. The summed E-state index contributed by atoms with van der Waals surface area (Å²) in [5.74, 6) is 1.01. The van der Waals surface area contributed by atoms with E-state index in [0.717, 1.165) is 31.7 Å². The number of rotatable bonds is 6. The summed E-state index contributed by atoms with van der Waals surface area (Å²) < 4.78 is 1.86. The number of aromatic nitrogens is 2. The average Bonchev–Trinajstić information content (AvgIpc) is 3.23. The number of hydrogen-bond donors (Lipinski definition) is 2. The van der Waals surface area contributed by atoms with Crippen molar-refractivity contribution in [2.24, 2.45) is 11.8 Å². The lowest BCUT2D eigenvalue weighted by molar-refractivity contribution is 0.250. The highest BCUT2D eigenvalue weighted by atomic mass is 16.2. The molecule has 0 spiro atoms. The van der Waals surface area contributed by atoms with Crippen LogP contribution in [0.5, 0.6) is 0 Å². The molecule has 3 rings (SSSR count). The highest BCUT2D eigenvalue weighted by Gasteiger charge is 2.22. The van der Waals surface area contributed by atoms with E-state index in [2.05, 4.69) is 58.7 Å². The molecule has 2 aromatic rings. The summed E-state index contributed by atoms with van der Waals surface area (Å²) >= 11 is 0. The van der Waals surface area contributed by atoms with E-state index in [-0.39, 0.29) is 6.03 Å². The second kappa shape index (κ2) is 8.05. The number of amides is 2. The molecular formula is C19H27N5O. The standard InChI is InChI=1S/C19H27N5O/c1-15(2)12-24-14-17(11-21-24)22-19(25)20-10-16-8-9-23(13-16)18-6-4-3-5-7-18/h3-7,11,14-16H,8-10,12-13H2,1-2H3,(H2,20,22,25)/t16-/m0/s1. The lowest BCUT2D eigenvalue weighted by Gasteiger charge is -2.18. The van der Waals surface area contributed by atoms with Gasteiger partial charge in [-0.25, -0.2) is 4.79 Å². The summed E-state index contributed by atoms with van der Waals surface area (Å²) in [6.07, 6.45) is 4.66. The Hall–Kier alpha value is -2.50. The summed E-state index contributed by atoms with van der Waals surface area (Å²) in [5.41, 5.74) is 1.99. The molecule has 0 saturated carbocycles. The minimum Gasteiger partial charge on any atom is -0.371 e. The molecule has 0 bridgehead atoms. The number of para-hydroxylation sites is 1. The van der Waals surface area contributed by atoms with Crippen LogP contribution in [-0.2, 0) is 6.54 Å². The first-order valence-electron chi connectivity index (χ1n) is 8.97. The number of carbonyl (C=O) groups is 1. The minimum absolute atomic E-state index is 0.165. The second-order valence-corrected chi connectivity index (χ2v) is 7.12. The van der Waals surface area contributed by atoms with Gasteiger partial charge in [0.1, 0.15) is 0 Å². The predicted molar refractivity (Wildman–Crippen MR) is 101 cm³/mol. The molecule has 1 aromatic carbocycles. The maximum absolute atomic E-state index is 12.1. The topological polar surface area (TPSA) is 62.2 Å². The third-order valence-electron chi connectivity index (χ3n) is 4.40. The van der Waals surface area contributed by atoms with Crippen LogP contribution in [-0.4, -0.2) is 35.4 Å². The average molecular weight is 341 g/mol. The van der Waals surface area contributed by atoms with Crippen LogP contribution < -0.4 is 15.5 Å². The van der Waals surface area contributed by atoms with E-state index in [4.69, 9.17) is 0 Å². The lowest BCUT2D eigenvalue weighted by Crippen LogP contribution is -2.34. The van der Waals surface area contributed by atoms with Gasteiger partial charge in [-0.2, -0.15) is 5.10 Å². The quantitative estimate of drug-likeness (QED) is 0.848. The zero-order valence-corrected chi connectivity index (χ0v) is 15.0. The van der Waals surface area contributed by atoms with Gasteiger partial charge in [0.05, 0.1) is 11.9 Å². The Balaban J connectivity index is 1.41. The molecule has 1 saturated heterocycles. The van der Waals surface area contributed by atoms with Crippen molar-refractivity contribution < 1.29 is 4.79 Å². The van der Waals surface area contributed by atoms with Crippen LogP contribution >= 0.6 is 0 Å². The van der Waals surface area contributed by atoms with Crippen LogP contribution in [0, 0.1) is 11.8 Å². The number of hydrogen-bond acceptors (Lipinski definition) is 3. The van der Waals surface area contributed by atoms with Crippen LogP contribution in [0.2, 0.25) is 0 Å². The Labute approximate surface area is 149 Å². The van der Waals surface area contributed by atoms with Gasteiger partial charge in [0.15, 0.2) is 0 Å². The third-order valence-corrected chi connectivity index (χ3v) is 4.40. The molecule has 0 radical (unpaired) electrons. The van der Waals surface area contributed by atoms with Crippen LogP contribution in [0.15, 0.2) is 42.7 Å². The van der Waals surface area contributed by atoms with Gasteiger partial charge >= 0.3 is 6.03 Å². The van der Waals surface area contributed by atoms with Crippen LogP contribution in [0.3, 0.4) is 0 Å². The number of nitrogens with zero attached hydrogens (tertiary/aromatic N) is 3. The molecule has 0 unspecified atom stereocenters. The van der Waals surface area contributed by atoms with Gasteiger partial charge in [-0.1, -0.05) is 32.0 Å². The molecule has 134 valence electrons. The van der Waals surface area contributed by atoms with E-state index in [0.29, 0.717) is 18.4 Å². The predicted octanol–water partition coefficient (Wildman–Crippen LogP) is 3.19. The molecule has 1 aliphatic rings. The molecule has 2 amide bonds. The van der Waals surface area contributed by atoms with Gasteiger partial charge in [0.2, 0.25) is 0 Å². The number of benzene rings is 1. The first kappa shape index (κ1) is 17.3. The molecule has 6 heteroatoms. The van der Waals surface area contributed by atoms with Crippen molar-refractivity contribution in [3.05, 3.63) is 42.7 Å². The molecule has 2 N–H and O–H groups in total. The van der Waals surface area contributed by atoms with Crippen LogP contribution in [0.1, 0.15) is 20.3 Å². The maximum atomic E-state index is 12.1. The molecule has 1 fully saturated rings. The SMILES string of the molecule is CC(C)Cn1cc(NC(=O)NC[C@@H]2CCN(c3ccccc3)C2)cn1. The first-order chi connectivity index (χ1) is 12.1. The van der Waals surface area contributed by atoms with Crippen molar-refractivity contribution in [1.29, 1.82) is 0 Å². The molecule has 1 aromatic heterocycles. The summed E-state index contributed by atoms with van der Waals surface area (Å²) in [5, 5.41) is 10.1. The number of carbonyl (C=O) groups excluding carboxylic acids is 1. The monoisotopic (exact) mass is 341 g/mol. The Bertz CT molecular complexity index is 682. The minimum atomic E-state index is -0.165. The van der Waals surface area contributed by atoms with Crippen molar-refractivity contribution in [2.45, 2.75) is 26.8 Å². The van der Waals surface area contributed by atoms with Gasteiger partial charge in [0, 0.05) is 38.1 Å². The van der Waals surface area contributed by atoms with E-state index in [9.17, 15) is 4.79 Å². The fourth-order valence-corrected chi connectivity index (χ4v) is 3.19. The Morgan fingerprint density at radius 2 is 2.12 bits per heavy atom. The normalized spacial score (nSPS) is 17.1. The van der Waals surface area contributed by atoms with E-state index in [1.807, 2.05) is 16.9 Å². The largest absolute Gasteiger partial charge is 0.371 e. The van der Waals surface area contributed by atoms with E-state index >= 15 is 0 Å². The van der Waals surface area contributed by atoms with Crippen molar-refractivity contribution in [1.82, 2.24) is 15.1 Å². The molecular weight excluding hydrogens is 314 g/mol. The smallest absolute Gasteiger partial charge is 0.319 e. The lowest BCUT2D eigenvalue weighted by atomic mass is 10.1. The molecule has 2 heterocycles. The number of urea groups is 1. The fraction of sp³-hybridized carbons (Fsp3) is 0.474. The number of anilines is 2. The highest BCUT2D eigenvalue weighted by molar-refractivity contribution is 5.88. The van der Waals surface area contributed by atoms with Crippen molar-refractivity contribution in [3.63, 3.8) is 0 Å². The maximum Gasteiger partial charge on any atom is 0.319 e. The highest BCUT2D eigenvalue weighted by Crippen LogP contribution is 2.22. The van der Waals surface area contributed by atoms with E-state index in [1.165, 1.54) is 5.69 Å². The zero-order chi connectivity index (χ0) is 17.6. The van der Waals surface area contributed by atoms with Crippen molar-refractivity contribution in [3.8, 4) is 0 Å². The van der Waals surface area contributed by atoms with Gasteiger partial charge in [-0.05, 0) is 30.4 Å². The third kappa shape index (κ3) is 4.98. The van der Waals surface area contributed by atoms with Gasteiger partial charge in [-0.15, -0.1) is 0 Å². The van der Waals surface area contributed by atoms with E-state index in [1.54, 1.807) is 6.20 Å². The molecule has 1 atom stereocenters. The Morgan fingerprint density at radius 3 is 2.88 bits per heavy atom. The van der Waals surface area contributed by atoms with Crippen molar-refractivity contribution >= 4 is 17.4 Å². The summed E-state index contributed by atoms with van der Waals surface area (Å²) in [7, 11) is 0. The zero-order valence-electron chi connectivity index (χ0n) is 15.0. The number of nitrogens with one attached hydrogen (secondary N) is 2. The second-order valence-electron chi connectivity index (χ2n) is 7.12. The summed E-state index contributed by atoms with van der Waals surface area (Å²) in [4.78, 5) is 14.5. The Kier molecular flexibility index (Phi) is 5.58. The molecule has 1 aliphatic heterocycles. The van der Waals surface area contributed by atoms with Gasteiger partial charge in [-0.3, -0.25) is 4.68 Å². The van der Waals surface area contributed by atoms with Gasteiger partial charge < -0.3 is 15.5 Å². The van der Waals surface area contributed by atoms with Crippen LogP contribution in [0.4, 0.5) is 16.2 Å².